The van der Waals surface area contributed by atoms with Crippen molar-refractivity contribution in [3.8, 4) is 0 Å². The molecule has 1 heterocycles. The van der Waals surface area contributed by atoms with Crippen LogP contribution in [0.3, 0.4) is 0 Å². The van der Waals surface area contributed by atoms with Gasteiger partial charge in [-0.15, -0.1) is 0 Å². The van der Waals surface area contributed by atoms with Crippen molar-refractivity contribution in [1.29, 1.82) is 0 Å². The first-order valence-electron chi connectivity index (χ1n) is 18.7. The van der Waals surface area contributed by atoms with Gasteiger partial charge in [0.1, 0.15) is 18.3 Å². The number of hydrogen-bond acceptors (Lipinski definition) is 7. The Morgan fingerprint density at radius 1 is 0.760 bits per heavy atom. The van der Waals surface area contributed by atoms with Gasteiger partial charge in [-0.25, -0.2) is 4.79 Å². The van der Waals surface area contributed by atoms with Crippen molar-refractivity contribution < 1.29 is 32.7 Å². The van der Waals surface area contributed by atoms with Crippen LogP contribution in [0.25, 0.3) is 0 Å². The van der Waals surface area contributed by atoms with Crippen LogP contribution in [0.5, 0.6) is 0 Å². The largest absolute Gasteiger partial charge is 0.453 e. The predicted octanol–water partition coefficient (Wildman–Crippen LogP) is 10.4. The summed E-state index contributed by atoms with van der Waals surface area (Å²) in [7, 11) is -8.92. The van der Waals surface area contributed by atoms with Crippen molar-refractivity contribution in [2.45, 2.75) is 186 Å². The second-order valence-electron chi connectivity index (χ2n) is 20.0. The summed E-state index contributed by atoms with van der Waals surface area (Å²) in [6.07, 6.45) is -0.215. The van der Waals surface area contributed by atoms with Crippen molar-refractivity contribution in [3.05, 3.63) is 47.7 Å². The zero-order valence-electron chi connectivity index (χ0n) is 35.0. The standard InChI is InChI=1S/C39H74O7Si4/c1-37(2,3)48(13,14)44-31(26-28-47(10,11)12)33-35(46-50(17,18)39(7,8)9)34(45-49(15,16)38(4,5)6)32(30(42-33)25-22-27-40)43-36(41)29-23-20-19-21-24-29/h19-21,23-24,26,28,30-35,40H,22,25,27H2,1-18H3/t30-,31-,32-,33-,34-,35+/m0/s1. The van der Waals surface area contributed by atoms with E-state index in [2.05, 4.69) is 133 Å². The maximum Gasteiger partial charge on any atom is 0.338 e. The quantitative estimate of drug-likeness (QED) is 0.149. The van der Waals surface area contributed by atoms with Gasteiger partial charge in [-0.05, 0) is 79.4 Å². The maximum atomic E-state index is 13.9. The molecule has 0 bridgehead atoms. The number of ether oxygens (including phenoxy) is 2. The zero-order valence-corrected chi connectivity index (χ0v) is 39.0. The lowest BCUT2D eigenvalue weighted by Crippen LogP contribution is -2.68. The number of aliphatic hydroxyl groups is 1. The molecular weight excluding hydrogens is 693 g/mol. The van der Waals surface area contributed by atoms with E-state index in [1.165, 1.54) is 0 Å². The average molecular weight is 767 g/mol. The zero-order chi connectivity index (χ0) is 38.7. The van der Waals surface area contributed by atoms with Crippen LogP contribution in [0, 0.1) is 0 Å². The molecule has 0 aliphatic carbocycles. The Bertz CT molecular complexity index is 1250. The SMILES string of the molecule is CC(C)(C)[Si](C)(C)O[C@@H]1[C@H](O[Si](C)(C)C(C)(C)C)[C@H]([C@H](C=C[Si](C)(C)C)O[Si](C)(C)C(C)(C)C)O[C@@H](CCCO)[C@@H]1OC(=O)c1ccccc1. The summed E-state index contributed by atoms with van der Waals surface area (Å²) in [5.41, 5.74) is 2.83. The average Bonchev–Trinajstić information content (AvgIpc) is 2.94. The van der Waals surface area contributed by atoms with E-state index in [0.29, 0.717) is 18.4 Å². The number of benzene rings is 1. The van der Waals surface area contributed by atoms with E-state index in [-0.39, 0.29) is 21.7 Å². The highest BCUT2D eigenvalue weighted by Crippen LogP contribution is 2.46. The van der Waals surface area contributed by atoms with Crippen molar-refractivity contribution in [1.82, 2.24) is 0 Å². The van der Waals surface area contributed by atoms with Crippen molar-refractivity contribution in [3.63, 3.8) is 0 Å². The number of aliphatic hydroxyl groups excluding tert-OH is 1. The van der Waals surface area contributed by atoms with E-state index in [0.717, 1.165) is 0 Å². The highest BCUT2D eigenvalue weighted by atomic mass is 28.4. The van der Waals surface area contributed by atoms with Crippen molar-refractivity contribution >= 4 is 39.0 Å². The van der Waals surface area contributed by atoms with E-state index in [9.17, 15) is 9.90 Å². The normalized spacial score (nSPS) is 24.0. The highest BCUT2D eigenvalue weighted by Gasteiger charge is 2.57. The molecule has 50 heavy (non-hydrogen) atoms. The molecule has 288 valence electrons. The van der Waals surface area contributed by atoms with E-state index in [4.69, 9.17) is 22.8 Å². The number of carbonyl (C=O) groups is 1. The van der Waals surface area contributed by atoms with Crippen LogP contribution in [0.15, 0.2) is 42.1 Å². The summed E-state index contributed by atoms with van der Waals surface area (Å²) in [5.74, 6) is -0.422. The lowest BCUT2D eigenvalue weighted by molar-refractivity contribution is -0.230. The van der Waals surface area contributed by atoms with Crippen molar-refractivity contribution in [2.24, 2.45) is 0 Å². The van der Waals surface area contributed by atoms with Crippen LogP contribution in [0.4, 0.5) is 0 Å². The first-order valence-corrected chi connectivity index (χ1v) is 31.0. The fourth-order valence-electron chi connectivity index (χ4n) is 5.06. The molecule has 1 aromatic carbocycles. The van der Waals surface area contributed by atoms with Gasteiger partial charge in [0, 0.05) is 6.61 Å². The summed E-state index contributed by atoms with van der Waals surface area (Å²) in [6.45, 7) is 40.8. The molecule has 0 amide bonds. The molecule has 1 N–H and O–H groups in total. The van der Waals surface area contributed by atoms with Crippen LogP contribution in [0.2, 0.25) is 74.0 Å². The van der Waals surface area contributed by atoms with Crippen LogP contribution in [0.1, 0.15) is 85.5 Å². The van der Waals surface area contributed by atoms with Gasteiger partial charge in [-0.3, -0.25) is 0 Å². The molecule has 0 radical (unpaired) electrons. The molecule has 7 nitrogen and oxygen atoms in total. The number of hydrogen-bond donors (Lipinski definition) is 1. The fourth-order valence-corrected chi connectivity index (χ4v) is 9.68. The molecule has 6 atom stereocenters. The Morgan fingerprint density at radius 2 is 1.24 bits per heavy atom. The highest BCUT2D eigenvalue weighted by molar-refractivity contribution is 6.81. The van der Waals surface area contributed by atoms with Gasteiger partial charge in [-0.2, -0.15) is 0 Å². The summed E-state index contributed by atoms with van der Waals surface area (Å²) in [4.78, 5) is 13.9. The smallest absolute Gasteiger partial charge is 0.338 e. The fraction of sp³-hybridized carbons (Fsp3) is 0.769. The molecule has 1 aliphatic rings. The minimum Gasteiger partial charge on any atom is -0.453 e. The van der Waals surface area contributed by atoms with Gasteiger partial charge in [0.25, 0.3) is 0 Å². The van der Waals surface area contributed by atoms with Gasteiger partial charge in [0.15, 0.2) is 31.1 Å². The van der Waals surface area contributed by atoms with Crippen molar-refractivity contribution in [2.75, 3.05) is 6.61 Å². The molecule has 1 aromatic rings. The molecule has 0 saturated carbocycles. The monoisotopic (exact) mass is 766 g/mol. The molecule has 0 unspecified atom stereocenters. The summed E-state index contributed by atoms with van der Waals surface area (Å²) in [6, 6.07) is 9.12. The second-order valence-corrected chi connectivity index (χ2v) is 39.3. The van der Waals surface area contributed by atoms with Crippen LogP contribution in [-0.2, 0) is 22.8 Å². The first kappa shape index (κ1) is 45.3. The molecule has 11 heteroatoms. The number of esters is 1. The summed E-state index contributed by atoms with van der Waals surface area (Å²) < 4.78 is 36.0. The third kappa shape index (κ3) is 12.1. The number of carbonyl (C=O) groups excluding carboxylic acids is 1. The van der Waals surface area contributed by atoms with Gasteiger partial charge < -0.3 is 27.9 Å². The Balaban J connectivity index is 2.98. The minimum absolute atomic E-state index is 0.000950. The van der Waals surface area contributed by atoms with E-state index in [1.54, 1.807) is 12.1 Å². The lowest BCUT2D eigenvalue weighted by atomic mass is 9.90. The van der Waals surface area contributed by atoms with Gasteiger partial charge >= 0.3 is 5.97 Å². The van der Waals surface area contributed by atoms with Crippen LogP contribution >= 0.6 is 0 Å². The number of rotatable bonds is 14. The van der Waals surface area contributed by atoms with Gasteiger partial charge in [-0.1, -0.05) is 112 Å². The summed E-state index contributed by atoms with van der Waals surface area (Å²) >= 11 is 0. The Hall–Kier alpha value is -0.902. The lowest BCUT2D eigenvalue weighted by Gasteiger charge is -2.54. The van der Waals surface area contributed by atoms with E-state index < -0.39 is 75.6 Å². The Kier molecular flexibility index (Phi) is 15.1. The molecular formula is C39H74O7Si4. The molecule has 0 spiro atoms. The molecule has 0 aromatic heterocycles. The van der Waals surface area contributed by atoms with Gasteiger partial charge in [0.2, 0.25) is 0 Å². The molecule has 1 fully saturated rings. The predicted molar refractivity (Wildman–Crippen MR) is 219 cm³/mol. The molecule has 2 rings (SSSR count). The Labute approximate surface area is 310 Å². The third-order valence-corrected chi connectivity index (χ3v) is 26.0. The third-order valence-electron chi connectivity index (χ3n) is 11.4. The minimum atomic E-state index is -2.48. The molecule has 1 aliphatic heterocycles. The topological polar surface area (TPSA) is 83.5 Å². The van der Waals surface area contributed by atoms with E-state index >= 15 is 0 Å². The Morgan fingerprint density at radius 3 is 1.68 bits per heavy atom. The van der Waals surface area contributed by atoms with Crippen LogP contribution in [-0.4, -0.2) is 87.3 Å². The van der Waals surface area contributed by atoms with E-state index in [1.807, 2.05) is 18.2 Å². The maximum absolute atomic E-state index is 13.9. The second kappa shape index (κ2) is 16.6. The van der Waals surface area contributed by atoms with Gasteiger partial charge in [0.05, 0.1) is 25.8 Å². The summed E-state index contributed by atoms with van der Waals surface area (Å²) in [5, 5.41) is 9.79. The van der Waals surface area contributed by atoms with Crippen LogP contribution < -0.4 is 0 Å². The first-order chi connectivity index (χ1) is 22.4. The molecule has 1 saturated heterocycles.